The Kier molecular flexibility index (Phi) is 51.3. The number of hydrogen-bond acceptors (Lipinski definition) is 8. The second kappa shape index (κ2) is 53.5. The van der Waals surface area contributed by atoms with E-state index < -0.39 is 26.5 Å². The lowest BCUT2D eigenvalue weighted by Gasteiger charge is -2.19. The fourth-order valence-corrected chi connectivity index (χ4v) is 8.26. The highest BCUT2D eigenvalue weighted by Gasteiger charge is 2.26. The molecule has 0 aromatic carbocycles. The van der Waals surface area contributed by atoms with Crippen molar-refractivity contribution in [3.8, 4) is 0 Å². The minimum Gasteiger partial charge on any atom is -0.462 e. The summed E-state index contributed by atoms with van der Waals surface area (Å²) in [4.78, 5) is 34.8. The summed E-state index contributed by atoms with van der Waals surface area (Å²) < 4.78 is 32.8. The molecule has 0 bridgehead atoms. The summed E-state index contributed by atoms with van der Waals surface area (Å²) in [6.45, 7) is 3.59. The molecule has 9 nitrogen and oxygen atoms in total. The number of phosphoric ester groups is 1. The minimum absolute atomic E-state index is 0.0529. The van der Waals surface area contributed by atoms with Crippen LogP contribution in [0.3, 0.4) is 0 Å². The Morgan fingerprint density at radius 1 is 0.456 bits per heavy atom. The van der Waals surface area contributed by atoms with Crippen molar-refractivity contribution < 1.29 is 37.6 Å². The molecule has 0 rings (SSSR count). The van der Waals surface area contributed by atoms with Crippen molar-refractivity contribution in [2.24, 2.45) is 5.73 Å². The molecule has 0 radical (unpaired) electrons. The van der Waals surface area contributed by atoms with Crippen LogP contribution in [0.2, 0.25) is 0 Å². The number of carbonyl (C=O) groups excluding carboxylic acids is 2. The minimum atomic E-state index is -4.38. The molecule has 0 amide bonds. The maximum Gasteiger partial charge on any atom is 0.472 e. The molecule has 68 heavy (non-hydrogen) atoms. The van der Waals surface area contributed by atoms with Crippen molar-refractivity contribution in [1.82, 2.24) is 0 Å². The predicted molar refractivity (Wildman–Crippen MR) is 289 cm³/mol. The topological polar surface area (TPSA) is 134 Å². The van der Waals surface area contributed by atoms with Crippen molar-refractivity contribution in [3.05, 3.63) is 85.1 Å². The van der Waals surface area contributed by atoms with E-state index in [0.717, 1.165) is 83.5 Å². The van der Waals surface area contributed by atoms with Crippen LogP contribution in [0.5, 0.6) is 0 Å². The normalized spacial score (nSPS) is 13.8. The summed E-state index contributed by atoms with van der Waals surface area (Å²) in [7, 11) is -4.38. The van der Waals surface area contributed by atoms with E-state index in [1.807, 2.05) is 0 Å². The van der Waals surface area contributed by atoms with Gasteiger partial charge < -0.3 is 20.1 Å². The Morgan fingerprint density at radius 2 is 0.809 bits per heavy atom. The molecule has 0 saturated carbocycles. The van der Waals surface area contributed by atoms with Gasteiger partial charge in [0.25, 0.3) is 0 Å². The van der Waals surface area contributed by atoms with E-state index in [1.165, 1.54) is 122 Å². The van der Waals surface area contributed by atoms with Gasteiger partial charge in [0.1, 0.15) is 6.61 Å². The fraction of sp³-hybridized carbons (Fsp3) is 0.724. The standard InChI is InChI=1S/C58H102NO8P/c1-3-5-7-9-11-13-14-15-16-17-18-19-20-21-22-23-24-25-26-27-28-29-30-31-32-33-34-35-36-37-38-39-40-41-42-43-45-47-49-51-58(61)67-56(55-66-68(62,63)65-53-52-59)54-64-57(60)50-48-46-44-12-10-8-6-4-2/h5,7,11,13,15-16,18-19,21-22,24-25,27-28,56H,3-4,6,8-10,12,14,17,20,23,26,29-55,59H2,1-2H3,(H,62,63)/b7-5-,13-11-,16-15-,19-18-,22-21-,25-24-,28-27-. The smallest absolute Gasteiger partial charge is 0.462 e. The lowest BCUT2D eigenvalue weighted by Crippen LogP contribution is -2.29. The number of phosphoric acid groups is 1. The van der Waals surface area contributed by atoms with Crippen molar-refractivity contribution in [2.75, 3.05) is 26.4 Å². The van der Waals surface area contributed by atoms with Gasteiger partial charge in [0.2, 0.25) is 0 Å². The van der Waals surface area contributed by atoms with Crippen LogP contribution in [-0.4, -0.2) is 49.3 Å². The van der Waals surface area contributed by atoms with Crippen molar-refractivity contribution in [1.29, 1.82) is 0 Å². The molecular weight excluding hydrogens is 870 g/mol. The van der Waals surface area contributed by atoms with Crippen molar-refractivity contribution >= 4 is 19.8 Å². The molecule has 0 heterocycles. The predicted octanol–water partition coefficient (Wildman–Crippen LogP) is 17.1. The monoisotopic (exact) mass is 972 g/mol. The molecule has 0 aliphatic rings. The van der Waals surface area contributed by atoms with Gasteiger partial charge in [-0.3, -0.25) is 18.6 Å². The van der Waals surface area contributed by atoms with E-state index in [9.17, 15) is 19.0 Å². The van der Waals surface area contributed by atoms with Crippen LogP contribution in [0, 0.1) is 0 Å². The van der Waals surface area contributed by atoms with E-state index >= 15 is 0 Å². The van der Waals surface area contributed by atoms with E-state index in [-0.39, 0.29) is 38.6 Å². The lowest BCUT2D eigenvalue weighted by molar-refractivity contribution is -0.161. The number of esters is 2. The number of unbranched alkanes of at least 4 members (excludes halogenated alkanes) is 24. The molecule has 3 N–H and O–H groups in total. The van der Waals surface area contributed by atoms with Crippen LogP contribution >= 0.6 is 7.82 Å². The molecule has 0 spiro atoms. The Balaban J connectivity index is 3.78. The molecule has 0 aromatic rings. The van der Waals surface area contributed by atoms with Gasteiger partial charge in [-0.1, -0.05) is 240 Å². The Labute approximate surface area is 417 Å². The van der Waals surface area contributed by atoms with Gasteiger partial charge in [-0.05, 0) is 70.6 Å². The highest BCUT2D eigenvalue weighted by Crippen LogP contribution is 2.43. The average molecular weight is 972 g/mol. The lowest BCUT2D eigenvalue weighted by atomic mass is 10.0. The van der Waals surface area contributed by atoms with Crippen LogP contribution < -0.4 is 5.73 Å². The third-order valence-corrected chi connectivity index (χ3v) is 12.5. The van der Waals surface area contributed by atoms with Crippen molar-refractivity contribution in [2.45, 2.75) is 245 Å². The molecular formula is C58H102NO8P. The van der Waals surface area contributed by atoms with Gasteiger partial charge in [-0.25, -0.2) is 4.57 Å². The second-order valence-corrected chi connectivity index (χ2v) is 19.5. The number of carbonyl (C=O) groups is 2. The zero-order valence-corrected chi connectivity index (χ0v) is 44.5. The zero-order valence-electron chi connectivity index (χ0n) is 43.6. The van der Waals surface area contributed by atoms with Gasteiger partial charge in [0, 0.05) is 19.4 Å². The first-order valence-corrected chi connectivity index (χ1v) is 29.1. The quantitative estimate of drug-likeness (QED) is 0.0264. The number of rotatable bonds is 51. The first-order chi connectivity index (χ1) is 33.3. The van der Waals surface area contributed by atoms with Crippen LogP contribution in [0.4, 0.5) is 0 Å². The van der Waals surface area contributed by atoms with Gasteiger partial charge in [-0.2, -0.15) is 0 Å². The van der Waals surface area contributed by atoms with Crippen LogP contribution in [-0.2, 0) is 32.7 Å². The Bertz CT molecular complexity index is 1390. The van der Waals surface area contributed by atoms with E-state index in [1.54, 1.807) is 0 Å². The maximum absolute atomic E-state index is 12.6. The Hall–Kier alpha value is -2.81. The molecule has 392 valence electrons. The molecule has 2 unspecified atom stereocenters. The molecule has 2 atom stereocenters. The van der Waals surface area contributed by atoms with Gasteiger partial charge in [0.15, 0.2) is 6.10 Å². The highest BCUT2D eigenvalue weighted by molar-refractivity contribution is 7.47. The average Bonchev–Trinajstić information content (AvgIpc) is 3.33. The summed E-state index contributed by atoms with van der Waals surface area (Å²) in [5.41, 5.74) is 5.35. The first-order valence-electron chi connectivity index (χ1n) is 27.6. The summed E-state index contributed by atoms with van der Waals surface area (Å²) in [5.74, 6) is -0.829. The number of ether oxygens (including phenoxy) is 2. The number of nitrogens with two attached hydrogens (primary N) is 1. The van der Waals surface area contributed by atoms with E-state index in [0.29, 0.717) is 6.42 Å². The van der Waals surface area contributed by atoms with Gasteiger partial charge >= 0.3 is 19.8 Å². The largest absolute Gasteiger partial charge is 0.472 e. The molecule has 10 heteroatoms. The van der Waals surface area contributed by atoms with Crippen molar-refractivity contribution in [3.63, 3.8) is 0 Å². The SMILES string of the molecule is CC/C=C\C/C=C\C/C=C\C/C=C\C/C=C\C/C=C\C/C=C\CCCCCCCCCCCCCCCCCCCC(=O)OC(COC(=O)CCCCCCCCCC)COP(=O)(O)OCCN. The number of allylic oxidation sites excluding steroid dienone is 14. The fourth-order valence-electron chi connectivity index (χ4n) is 7.50. The molecule has 0 aromatic heterocycles. The summed E-state index contributed by atoms with van der Waals surface area (Å²) in [6.07, 6.45) is 69.6. The molecule has 0 fully saturated rings. The second-order valence-electron chi connectivity index (χ2n) is 18.1. The zero-order chi connectivity index (χ0) is 49.5. The summed E-state index contributed by atoms with van der Waals surface area (Å²) >= 11 is 0. The maximum atomic E-state index is 12.6. The third kappa shape index (κ3) is 52.6. The van der Waals surface area contributed by atoms with E-state index in [4.69, 9.17) is 24.3 Å². The van der Waals surface area contributed by atoms with Gasteiger partial charge in [0.05, 0.1) is 13.2 Å². The summed E-state index contributed by atoms with van der Waals surface area (Å²) in [6, 6.07) is 0. The van der Waals surface area contributed by atoms with E-state index in [2.05, 4.69) is 98.9 Å². The molecule has 0 aliphatic carbocycles. The summed E-state index contributed by atoms with van der Waals surface area (Å²) in [5, 5.41) is 0. The first kappa shape index (κ1) is 65.2. The van der Waals surface area contributed by atoms with Crippen LogP contribution in [0.25, 0.3) is 0 Å². The highest BCUT2D eigenvalue weighted by atomic mass is 31.2. The van der Waals surface area contributed by atoms with Crippen LogP contribution in [0.15, 0.2) is 85.1 Å². The third-order valence-electron chi connectivity index (χ3n) is 11.5. The van der Waals surface area contributed by atoms with Gasteiger partial charge in [-0.15, -0.1) is 0 Å². The Morgan fingerprint density at radius 3 is 1.21 bits per heavy atom. The number of hydrogen-bond donors (Lipinski definition) is 2. The van der Waals surface area contributed by atoms with Crippen LogP contribution in [0.1, 0.15) is 239 Å². The molecule has 0 saturated heterocycles. The molecule has 0 aliphatic heterocycles.